The number of hydrogen-bond donors (Lipinski definition) is 1. The zero-order valence-corrected chi connectivity index (χ0v) is 6.29. The topological polar surface area (TPSA) is 70.1 Å². The molecule has 1 unspecified atom stereocenters. The van der Waals surface area contributed by atoms with Crippen LogP contribution in [-0.2, 0) is 4.79 Å². The second-order valence-corrected chi connectivity index (χ2v) is 2.82. The summed E-state index contributed by atoms with van der Waals surface area (Å²) in [5, 5.41) is 8.53. The summed E-state index contributed by atoms with van der Waals surface area (Å²) in [6.45, 7) is 1.80. The van der Waals surface area contributed by atoms with Crippen LogP contribution in [0.25, 0.3) is 0 Å². The van der Waals surface area contributed by atoms with Gasteiger partial charge in [0.05, 0.1) is 18.5 Å². The molecule has 1 saturated heterocycles. The van der Waals surface area contributed by atoms with Gasteiger partial charge in [-0.25, -0.2) is 0 Å². The lowest BCUT2D eigenvalue weighted by molar-refractivity contribution is -0.118. The predicted molar refractivity (Wildman–Crippen MR) is 39.4 cm³/mol. The third kappa shape index (κ3) is 2.20. The van der Waals surface area contributed by atoms with Crippen LogP contribution in [0.1, 0.15) is 6.42 Å². The van der Waals surface area contributed by atoms with E-state index in [-0.39, 0.29) is 18.4 Å². The molecule has 0 aromatic heterocycles. The van der Waals surface area contributed by atoms with Crippen LogP contribution in [0.2, 0.25) is 0 Å². The second kappa shape index (κ2) is 3.35. The number of nitriles is 1. The summed E-state index contributed by atoms with van der Waals surface area (Å²) in [5.74, 6) is -0.224. The average Bonchev–Trinajstić information content (AvgIpc) is 2.34. The van der Waals surface area contributed by atoms with Crippen LogP contribution in [-0.4, -0.2) is 30.4 Å². The first-order chi connectivity index (χ1) is 5.22. The smallest absolute Gasteiger partial charge is 0.231 e. The van der Waals surface area contributed by atoms with Crippen LogP contribution >= 0.6 is 0 Å². The molecule has 4 nitrogen and oxygen atoms in total. The fourth-order valence-electron chi connectivity index (χ4n) is 1.30. The summed E-state index contributed by atoms with van der Waals surface area (Å²) in [5.41, 5.74) is 5.00. The summed E-state index contributed by atoms with van der Waals surface area (Å²) in [6.07, 6.45) is 0.865. The molecular weight excluding hydrogens is 142 g/mol. The van der Waals surface area contributed by atoms with Crippen LogP contribution < -0.4 is 5.73 Å². The third-order valence-electron chi connectivity index (χ3n) is 1.83. The first-order valence-electron chi connectivity index (χ1n) is 3.62. The predicted octanol–water partition coefficient (Wildman–Crippen LogP) is -0.683. The molecule has 0 bridgehead atoms. The summed E-state index contributed by atoms with van der Waals surface area (Å²) < 4.78 is 0. The lowest BCUT2D eigenvalue weighted by Gasteiger charge is -2.10. The van der Waals surface area contributed by atoms with Crippen molar-refractivity contribution < 1.29 is 4.79 Å². The molecule has 1 aliphatic heterocycles. The number of hydrogen-bond acceptors (Lipinski definition) is 3. The quantitative estimate of drug-likeness (QED) is 0.571. The van der Waals surface area contributed by atoms with Crippen molar-refractivity contribution in [2.45, 2.75) is 6.42 Å². The van der Waals surface area contributed by atoms with Crippen LogP contribution in [0.5, 0.6) is 0 Å². The van der Waals surface area contributed by atoms with Gasteiger partial charge >= 0.3 is 0 Å². The Balaban J connectivity index is 2.31. The Morgan fingerprint density at radius 1 is 1.82 bits per heavy atom. The summed E-state index contributed by atoms with van der Waals surface area (Å²) in [4.78, 5) is 12.4. The van der Waals surface area contributed by atoms with E-state index in [2.05, 4.69) is 6.07 Å². The minimum atomic E-state index is -0.316. The highest BCUT2D eigenvalue weighted by Gasteiger charge is 2.22. The number of likely N-dealkylation sites (tertiary alicyclic amines) is 1. The maximum atomic E-state index is 10.4. The molecule has 0 aromatic carbocycles. The van der Waals surface area contributed by atoms with Gasteiger partial charge in [0.25, 0.3) is 0 Å². The molecule has 1 amide bonds. The number of carbonyl (C=O) groups is 1. The standard InChI is InChI=1S/C7H11N3O/c8-3-6-1-2-10(4-6)5-7(9)11/h6H,1-2,4-5H2,(H2,9,11). The van der Waals surface area contributed by atoms with Crippen molar-refractivity contribution in [2.75, 3.05) is 19.6 Å². The van der Waals surface area contributed by atoms with Crippen molar-refractivity contribution in [1.82, 2.24) is 4.90 Å². The van der Waals surface area contributed by atoms with Gasteiger partial charge in [0.1, 0.15) is 0 Å². The highest BCUT2D eigenvalue weighted by Crippen LogP contribution is 2.13. The van der Waals surface area contributed by atoms with Crippen LogP contribution in [0.4, 0.5) is 0 Å². The Hall–Kier alpha value is -1.08. The lowest BCUT2D eigenvalue weighted by Crippen LogP contribution is -2.31. The fraction of sp³-hybridized carbons (Fsp3) is 0.714. The Labute approximate surface area is 65.6 Å². The van der Waals surface area contributed by atoms with Gasteiger partial charge in [0.2, 0.25) is 5.91 Å². The maximum Gasteiger partial charge on any atom is 0.231 e. The minimum absolute atomic E-state index is 0.0920. The normalized spacial score (nSPS) is 24.8. The van der Waals surface area contributed by atoms with E-state index in [0.717, 1.165) is 13.0 Å². The molecule has 1 fully saturated rings. The molecule has 1 heterocycles. The highest BCUT2D eigenvalue weighted by atomic mass is 16.1. The Bertz CT molecular complexity index is 196. The van der Waals surface area contributed by atoms with Crippen molar-refractivity contribution in [1.29, 1.82) is 5.26 Å². The number of nitrogens with two attached hydrogens (primary N) is 1. The minimum Gasteiger partial charge on any atom is -0.369 e. The summed E-state index contributed by atoms with van der Waals surface area (Å²) in [7, 11) is 0. The first kappa shape index (κ1) is 8.02. The van der Waals surface area contributed by atoms with E-state index in [1.54, 1.807) is 0 Å². The third-order valence-corrected chi connectivity index (χ3v) is 1.83. The van der Waals surface area contributed by atoms with E-state index in [4.69, 9.17) is 11.0 Å². The van der Waals surface area contributed by atoms with Crippen molar-refractivity contribution in [2.24, 2.45) is 11.7 Å². The molecule has 1 rings (SSSR count). The van der Waals surface area contributed by atoms with Gasteiger partial charge in [0, 0.05) is 13.1 Å². The molecule has 0 aliphatic carbocycles. The fourth-order valence-corrected chi connectivity index (χ4v) is 1.30. The van der Waals surface area contributed by atoms with Crippen molar-refractivity contribution >= 4 is 5.91 Å². The second-order valence-electron chi connectivity index (χ2n) is 2.82. The molecule has 11 heavy (non-hydrogen) atoms. The molecule has 1 atom stereocenters. The van der Waals surface area contributed by atoms with E-state index < -0.39 is 0 Å². The van der Waals surface area contributed by atoms with Gasteiger partial charge in [-0.15, -0.1) is 0 Å². The zero-order chi connectivity index (χ0) is 8.27. The van der Waals surface area contributed by atoms with Crippen LogP contribution in [0.3, 0.4) is 0 Å². The van der Waals surface area contributed by atoms with E-state index >= 15 is 0 Å². The Morgan fingerprint density at radius 2 is 2.55 bits per heavy atom. The van der Waals surface area contributed by atoms with Gasteiger partial charge in [-0.3, -0.25) is 9.69 Å². The Morgan fingerprint density at radius 3 is 3.00 bits per heavy atom. The van der Waals surface area contributed by atoms with Crippen LogP contribution in [0.15, 0.2) is 0 Å². The zero-order valence-electron chi connectivity index (χ0n) is 6.29. The van der Waals surface area contributed by atoms with Gasteiger partial charge in [-0.2, -0.15) is 5.26 Å². The summed E-state index contributed by atoms with van der Waals surface area (Å²) >= 11 is 0. The van der Waals surface area contributed by atoms with Gasteiger partial charge < -0.3 is 5.73 Å². The molecule has 0 aromatic rings. The summed E-state index contributed by atoms with van der Waals surface area (Å²) in [6, 6.07) is 2.17. The number of amides is 1. The highest BCUT2D eigenvalue weighted by molar-refractivity contribution is 5.75. The van der Waals surface area contributed by atoms with E-state index in [1.807, 2.05) is 4.90 Å². The molecule has 0 saturated carbocycles. The first-order valence-corrected chi connectivity index (χ1v) is 3.62. The van der Waals surface area contributed by atoms with Gasteiger partial charge in [0.15, 0.2) is 0 Å². The largest absolute Gasteiger partial charge is 0.369 e. The number of nitrogens with zero attached hydrogens (tertiary/aromatic N) is 2. The number of rotatable bonds is 2. The lowest BCUT2D eigenvalue weighted by atomic mass is 10.1. The molecule has 4 heteroatoms. The molecule has 60 valence electrons. The van der Waals surface area contributed by atoms with E-state index in [1.165, 1.54) is 0 Å². The van der Waals surface area contributed by atoms with E-state index in [0.29, 0.717) is 6.54 Å². The molecule has 1 aliphatic rings. The van der Waals surface area contributed by atoms with Crippen LogP contribution in [0, 0.1) is 17.2 Å². The van der Waals surface area contributed by atoms with Crippen molar-refractivity contribution in [3.05, 3.63) is 0 Å². The van der Waals surface area contributed by atoms with Gasteiger partial charge in [-0.05, 0) is 6.42 Å². The molecule has 2 N–H and O–H groups in total. The average molecular weight is 153 g/mol. The van der Waals surface area contributed by atoms with Crippen molar-refractivity contribution in [3.63, 3.8) is 0 Å². The number of carbonyl (C=O) groups excluding carboxylic acids is 1. The molecule has 0 radical (unpaired) electrons. The van der Waals surface area contributed by atoms with Crippen molar-refractivity contribution in [3.8, 4) is 6.07 Å². The van der Waals surface area contributed by atoms with E-state index in [9.17, 15) is 4.79 Å². The number of primary amides is 1. The molecular formula is C7H11N3O. The SMILES string of the molecule is N#CC1CCN(CC(N)=O)C1. The van der Waals surface area contributed by atoms with Gasteiger partial charge in [-0.1, -0.05) is 0 Å². The maximum absolute atomic E-state index is 10.4. The molecule has 0 spiro atoms. The Kier molecular flexibility index (Phi) is 2.44. The monoisotopic (exact) mass is 153 g/mol.